The fourth-order valence-corrected chi connectivity index (χ4v) is 2.65. The van der Waals surface area contributed by atoms with E-state index in [1.54, 1.807) is 12.1 Å². The molecule has 8 heteroatoms. The van der Waals surface area contributed by atoms with Crippen LogP contribution in [0.5, 0.6) is 0 Å². The number of nitrogens with two attached hydrogens (primary N) is 1. The van der Waals surface area contributed by atoms with Crippen LogP contribution >= 0.6 is 11.6 Å². The maximum atomic E-state index is 12.1. The van der Waals surface area contributed by atoms with Gasteiger partial charge in [-0.15, -0.1) is 0 Å². The maximum Gasteiger partial charge on any atom is 0.263 e. The number of sulfonamides is 1. The van der Waals surface area contributed by atoms with Crippen molar-refractivity contribution in [2.75, 3.05) is 4.72 Å². The van der Waals surface area contributed by atoms with Gasteiger partial charge >= 0.3 is 0 Å². The minimum absolute atomic E-state index is 0.0684. The molecule has 0 radical (unpaired) electrons. The number of hydrogen-bond acceptors (Lipinski definition) is 4. The van der Waals surface area contributed by atoms with Crippen molar-refractivity contribution in [1.82, 2.24) is 4.98 Å². The number of aromatic nitrogens is 1. The molecule has 6 nitrogen and oxygen atoms in total. The van der Waals surface area contributed by atoms with E-state index in [0.29, 0.717) is 0 Å². The molecule has 0 fully saturated rings. The van der Waals surface area contributed by atoms with Crippen LogP contribution in [0.15, 0.2) is 47.5 Å². The number of hydrogen-bond donors (Lipinski definition) is 2. The van der Waals surface area contributed by atoms with Crippen molar-refractivity contribution in [1.29, 1.82) is 0 Å². The van der Waals surface area contributed by atoms with E-state index in [2.05, 4.69) is 9.71 Å². The smallest absolute Gasteiger partial charge is 0.263 e. The van der Waals surface area contributed by atoms with Gasteiger partial charge in [-0.1, -0.05) is 23.7 Å². The van der Waals surface area contributed by atoms with E-state index in [9.17, 15) is 13.2 Å². The third-order valence-corrected chi connectivity index (χ3v) is 4.02. The lowest BCUT2D eigenvalue weighted by Gasteiger charge is -2.10. The molecular formula is C12H10ClN3O3S. The number of carbonyl (C=O) groups excluding carboxylic acids is 1. The quantitative estimate of drug-likeness (QED) is 0.838. The molecule has 0 unspecified atom stereocenters. The number of carbonyl (C=O) groups is 1. The van der Waals surface area contributed by atoms with Crippen LogP contribution in [-0.2, 0) is 10.0 Å². The summed E-state index contributed by atoms with van der Waals surface area (Å²) in [5.41, 5.74) is 5.38. The Bertz CT molecular complexity index is 745. The molecule has 1 aromatic heterocycles. The van der Waals surface area contributed by atoms with Gasteiger partial charge in [-0.2, -0.15) is 0 Å². The number of primary amides is 1. The molecule has 1 amide bonds. The number of amides is 1. The van der Waals surface area contributed by atoms with Crippen LogP contribution in [0.1, 0.15) is 10.4 Å². The lowest BCUT2D eigenvalue weighted by atomic mass is 10.2. The second-order valence-electron chi connectivity index (χ2n) is 3.83. The first kappa shape index (κ1) is 14.3. The molecule has 3 N–H and O–H groups in total. The van der Waals surface area contributed by atoms with Gasteiger partial charge in [-0.05, 0) is 24.3 Å². The monoisotopic (exact) mass is 311 g/mol. The summed E-state index contributed by atoms with van der Waals surface area (Å²) in [6.07, 6.45) is 1.12. The molecule has 0 spiro atoms. The van der Waals surface area contributed by atoms with Crippen molar-refractivity contribution in [3.63, 3.8) is 0 Å². The van der Waals surface area contributed by atoms with Crippen molar-refractivity contribution in [3.05, 3.63) is 53.3 Å². The van der Waals surface area contributed by atoms with Gasteiger partial charge in [0.1, 0.15) is 10.0 Å². The Labute approximate surface area is 120 Å². The second kappa shape index (κ2) is 5.48. The Balaban J connectivity index is 2.38. The first-order valence-corrected chi connectivity index (χ1v) is 7.29. The van der Waals surface area contributed by atoms with Crippen molar-refractivity contribution >= 4 is 33.2 Å². The second-order valence-corrected chi connectivity index (χ2v) is 5.90. The zero-order valence-corrected chi connectivity index (χ0v) is 11.6. The number of pyridine rings is 1. The highest BCUT2D eigenvalue weighted by molar-refractivity contribution is 7.92. The normalized spacial score (nSPS) is 11.1. The number of nitrogens with zero attached hydrogens (tertiary/aromatic N) is 1. The SMILES string of the molecule is NC(=O)c1ccccc1NS(=O)(=O)c1ccc(Cl)nc1. The van der Waals surface area contributed by atoms with Crippen molar-refractivity contribution in [2.24, 2.45) is 5.73 Å². The average molecular weight is 312 g/mol. The Morgan fingerprint density at radius 1 is 1.20 bits per heavy atom. The van der Waals surface area contributed by atoms with Crippen LogP contribution in [0.25, 0.3) is 0 Å². The summed E-state index contributed by atoms with van der Waals surface area (Å²) in [7, 11) is -3.87. The van der Waals surface area contributed by atoms with Crippen LogP contribution in [0, 0.1) is 0 Å². The number of anilines is 1. The standard InChI is InChI=1S/C12H10ClN3O3S/c13-11-6-5-8(7-15-11)20(18,19)16-10-4-2-1-3-9(10)12(14)17/h1-7,16H,(H2,14,17). The summed E-state index contributed by atoms with van der Waals surface area (Å²) in [6, 6.07) is 8.72. The molecule has 0 saturated heterocycles. The first-order valence-electron chi connectivity index (χ1n) is 5.43. The molecule has 104 valence electrons. The van der Waals surface area contributed by atoms with Gasteiger partial charge in [0.2, 0.25) is 0 Å². The zero-order valence-electron chi connectivity index (χ0n) is 10.1. The Morgan fingerprint density at radius 2 is 1.90 bits per heavy atom. The van der Waals surface area contributed by atoms with Crippen LogP contribution in [0.3, 0.4) is 0 Å². The molecule has 2 aromatic rings. The molecule has 1 heterocycles. The van der Waals surface area contributed by atoms with Crippen LogP contribution in [-0.4, -0.2) is 19.3 Å². The molecule has 0 aliphatic heterocycles. The van der Waals surface area contributed by atoms with Gasteiger partial charge in [0, 0.05) is 6.20 Å². The Morgan fingerprint density at radius 3 is 2.50 bits per heavy atom. The van der Waals surface area contributed by atoms with Crippen LogP contribution in [0.4, 0.5) is 5.69 Å². The van der Waals surface area contributed by atoms with Gasteiger partial charge in [-0.3, -0.25) is 9.52 Å². The fourth-order valence-electron chi connectivity index (χ4n) is 1.51. The number of rotatable bonds is 4. The number of halogens is 1. The summed E-state index contributed by atoms with van der Waals surface area (Å²) in [6.45, 7) is 0. The van der Waals surface area contributed by atoms with Gasteiger partial charge in [0.05, 0.1) is 11.3 Å². The third-order valence-electron chi connectivity index (χ3n) is 2.45. The molecule has 0 aliphatic carbocycles. The average Bonchev–Trinajstić information content (AvgIpc) is 2.39. The number of nitrogens with one attached hydrogen (secondary N) is 1. The minimum atomic E-state index is -3.87. The highest BCUT2D eigenvalue weighted by Gasteiger charge is 2.17. The van der Waals surface area contributed by atoms with Crippen LogP contribution in [0.2, 0.25) is 5.15 Å². The van der Waals surface area contributed by atoms with E-state index in [0.717, 1.165) is 6.20 Å². The lowest BCUT2D eigenvalue weighted by molar-refractivity contribution is 0.100. The van der Waals surface area contributed by atoms with Gasteiger partial charge in [-0.25, -0.2) is 13.4 Å². The minimum Gasteiger partial charge on any atom is -0.366 e. The Kier molecular flexibility index (Phi) is 3.91. The highest BCUT2D eigenvalue weighted by Crippen LogP contribution is 2.20. The molecule has 2 rings (SSSR count). The van der Waals surface area contributed by atoms with E-state index in [4.69, 9.17) is 17.3 Å². The predicted octanol–water partition coefficient (Wildman–Crippen LogP) is 1.63. The predicted molar refractivity (Wildman–Crippen MR) is 75.0 cm³/mol. The van der Waals surface area contributed by atoms with E-state index in [1.807, 2.05) is 0 Å². The van der Waals surface area contributed by atoms with E-state index in [1.165, 1.54) is 24.3 Å². The third kappa shape index (κ3) is 3.06. The largest absolute Gasteiger partial charge is 0.366 e. The maximum absolute atomic E-state index is 12.1. The van der Waals surface area contributed by atoms with Crippen molar-refractivity contribution in [2.45, 2.75) is 4.90 Å². The zero-order chi connectivity index (χ0) is 14.8. The van der Waals surface area contributed by atoms with E-state index >= 15 is 0 Å². The van der Waals surface area contributed by atoms with Crippen molar-refractivity contribution in [3.8, 4) is 0 Å². The van der Waals surface area contributed by atoms with Crippen molar-refractivity contribution < 1.29 is 13.2 Å². The molecule has 0 aliphatic rings. The summed E-state index contributed by atoms with van der Waals surface area (Å²) in [5.74, 6) is -0.725. The number of para-hydroxylation sites is 1. The number of benzene rings is 1. The molecular weight excluding hydrogens is 302 g/mol. The first-order chi connectivity index (χ1) is 9.40. The summed E-state index contributed by atoms with van der Waals surface area (Å²) < 4.78 is 26.6. The Hall–Kier alpha value is -2.12. The van der Waals surface area contributed by atoms with Crippen LogP contribution < -0.4 is 10.5 Å². The summed E-state index contributed by atoms with van der Waals surface area (Å²) in [4.78, 5) is 14.9. The van der Waals surface area contributed by atoms with Gasteiger partial charge < -0.3 is 5.73 Å². The van der Waals surface area contributed by atoms with E-state index in [-0.39, 0.29) is 21.3 Å². The molecule has 20 heavy (non-hydrogen) atoms. The van der Waals surface area contributed by atoms with E-state index < -0.39 is 15.9 Å². The molecule has 0 atom stereocenters. The summed E-state index contributed by atoms with van der Waals surface area (Å²) >= 11 is 5.60. The summed E-state index contributed by atoms with van der Waals surface area (Å²) in [5, 5.41) is 0.182. The van der Waals surface area contributed by atoms with Gasteiger partial charge in [0.15, 0.2) is 0 Å². The topological polar surface area (TPSA) is 102 Å². The molecule has 0 bridgehead atoms. The highest BCUT2D eigenvalue weighted by atomic mass is 35.5. The molecule has 0 saturated carbocycles. The fraction of sp³-hybridized carbons (Fsp3) is 0. The van der Waals surface area contributed by atoms with Gasteiger partial charge in [0.25, 0.3) is 15.9 Å². The molecule has 1 aromatic carbocycles. The lowest BCUT2D eigenvalue weighted by Crippen LogP contribution is -2.18.